The molecule has 0 spiro atoms. The number of esters is 1. The van der Waals surface area contributed by atoms with Gasteiger partial charge >= 0.3 is 11.7 Å². The fourth-order valence-electron chi connectivity index (χ4n) is 1.44. The van der Waals surface area contributed by atoms with Gasteiger partial charge in [0, 0.05) is 5.69 Å². The molecule has 0 saturated carbocycles. The largest absolute Gasteiger partial charge is 0.464 e. The normalized spacial score (nSPS) is 10.5. The Hall–Kier alpha value is -2.51. The number of nitrogens with zero attached hydrogens (tertiary/aromatic N) is 4. The van der Waals surface area contributed by atoms with Gasteiger partial charge < -0.3 is 4.74 Å². The van der Waals surface area contributed by atoms with Crippen molar-refractivity contribution in [2.75, 3.05) is 7.11 Å². The molecule has 2 rings (SSSR count). The molecule has 2 aromatic heterocycles. The van der Waals surface area contributed by atoms with Crippen LogP contribution >= 0.6 is 0 Å². The zero-order valence-electron chi connectivity index (χ0n) is 9.08. The van der Waals surface area contributed by atoms with Gasteiger partial charge in [0.2, 0.25) is 5.65 Å². The molecule has 2 heterocycles. The first-order valence-corrected chi connectivity index (χ1v) is 4.62. The maximum absolute atomic E-state index is 11.3. The molecule has 0 aliphatic rings. The Balaban J connectivity index is 2.73. The van der Waals surface area contributed by atoms with E-state index in [1.165, 1.54) is 17.7 Å². The van der Waals surface area contributed by atoms with Gasteiger partial charge in [0.1, 0.15) is 6.20 Å². The Labute approximate surface area is 95.0 Å². The molecular weight excluding hydrogens is 228 g/mol. The minimum Gasteiger partial charge on any atom is -0.464 e. The fraction of sp³-hybridized carbons (Fsp3) is 0.222. The number of carbonyl (C=O) groups excluding carboxylic acids is 1. The maximum atomic E-state index is 11.3. The van der Waals surface area contributed by atoms with Crippen LogP contribution in [-0.4, -0.2) is 32.6 Å². The van der Waals surface area contributed by atoms with Gasteiger partial charge in [-0.3, -0.25) is 10.1 Å². The number of aryl methyl sites for hydroxylation is 1. The van der Waals surface area contributed by atoms with Crippen molar-refractivity contribution < 1.29 is 14.5 Å². The highest BCUT2D eigenvalue weighted by Gasteiger charge is 2.20. The fourth-order valence-corrected chi connectivity index (χ4v) is 1.44. The minimum atomic E-state index is -0.647. The molecule has 0 N–H and O–H groups in total. The molecule has 0 unspecified atom stereocenters. The molecule has 0 amide bonds. The van der Waals surface area contributed by atoms with Crippen LogP contribution < -0.4 is 0 Å². The highest BCUT2D eigenvalue weighted by atomic mass is 16.6. The van der Waals surface area contributed by atoms with Crippen molar-refractivity contribution in [2.24, 2.45) is 0 Å². The Bertz CT molecular complexity index is 619. The number of hydrogen-bond donors (Lipinski definition) is 0. The Morgan fingerprint density at radius 3 is 2.88 bits per heavy atom. The minimum absolute atomic E-state index is 0.0149. The molecule has 88 valence electrons. The van der Waals surface area contributed by atoms with Gasteiger partial charge in [0.15, 0.2) is 5.69 Å². The Morgan fingerprint density at radius 2 is 2.29 bits per heavy atom. The van der Waals surface area contributed by atoms with Gasteiger partial charge in [-0.2, -0.15) is 5.10 Å². The zero-order valence-corrected chi connectivity index (χ0v) is 9.08. The number of aromatic nitrogens is 3. The van der Waals surface area contributed by atoms with Crippen molar-refractivity contribution in [1.29, 1.82) is 0 Å². The number of hydrogen-bond acceptors (Lipinski definition) is 6. The average molecular weight is 236 g/mol. The SMILES string of the molecule is COC(=O)c1cc(C)n2ncc([N+](=O)[O-])c2n1. The predicted octanol–water partition coefficient (Wildman–Crippen LogP) is 0.733. The van der Waals surface area contributed by atoms with Gasteiger partial charge in [-0.1, -0.05) is 0 Å². The van der Waals surface area contributed by atoms with E-state index in [1.54, 1.807) is 6.92 Å². The molecule has 0 bridgehead atoms. The third-order valence-corrected chi connectivity index (χ3v) is 2.22. The summed E-state index contributed by atoms with van der Waals surface area (Å²) >= 11 is 0. The van der Waals surface area contributed by atoms with Crippen molar-refractivity contribution in [3.05, 3.63) is 33.8 Å². The van der Waals surface area contributed by atoms with E-state index in [-0.39, 0.29) is 17.0 Å². The van der Waals surface area contributed by atoms with Crippen LogP contribution in [0.4, 0.5) is 5.69 Å². The van der Waals surface area contributed by atoms with Crippen LogP contribution in [0.2, 0.25) is 0 Å². The van der Waals surface area contributed by atoms with Crippen molar-refractivity contribution in [3.8, 4) is 0 Å². The van der Waals surface area contributed by atoms with Crippen molar-refractivity contribution in [2.45, 2.75) is 6.92 Å². The van der Waals surface area contributed by atoms with Crippen LogP contribution in [0.3, 0.4) is 0 Å². The second kappa shape index (κ2) is 3.81. The maximum Gasteiger partial charge on any atom is 0.356 e. The number of fused-ring (bicyclic) bond motifs is 1. The Kier molecular flexibility index (Phi) is 2.47. The first-order valence-electron chi connectivity index (χ1n) is 4.62. The smallest absolute Gasteiger partial charge is 0.356 e. The van der Waals surface area contributed by atoms with Gasteiger partial charge in [0.25, 0.3) is 0 Å². The summed E-state index contributed by atoms with van der Waals surface area (Å²) in [6.45, 7) is 1.66. The van der Waals surface area contributed by atoms with Crippen LogP contribution in [0.5, 0.6) is 0 Å². The Morgan fingerprint density at radius 1 is 1.59 bits per heavy atom. The molecule has 0 saturated heterocycles. The summed E-state index contributed by atoms with van der Waals surface area (Å²) in [5, 5.41) is 14.6. The number of methoxy groups -OCH3 is 1. The summed E-state index contributed by atoms with van der Waals surface area (Å²) in [6, 6.07) is 1.45. The summed E-state index contributed by atoms with van der Waals surface area (Å²) in [6.07, 6.45) is 1.09. The first kappa shape index (κ1) is 11.0. The molecular formula is C9H8N4O4. The molecule has 0 aliphatic heterocycles. The van der Waals surface area contributed by atoms with Crippen molar-refractivity contribution in [3.63, 3.8) is 0 Å². The highest BCUT2D eigenvalue weighted by molar-refractivity contribution is 5.88. The number of ether oxygens (including phenoxy) is 1. The standard InChI is InChI=1S/C9H8N4O4/c1-5-3-6(9(14)17-2)11-8-7(13(15)16)4-10-12(5)8/h3-4H,1-2H3. The lowest BCUT2D eigenvalue weighted by molar-refractivity contribution is -0.383. The van der Waals surface area contributed by atoms with Crippen LogP contribution in [0.1, 0.15) is 16.2 Å². The van der Waals surface area contributed by atoms with E-state index in [9.17, 15) is 14.9 Å². The molecule has 2 aromatic rings. The summed E-state index contributed by atoms with van der Waals surface area (Å²) in [7, 11) is 1.22. The summed E-state index contributed by atoms with van der Waals surface area (Å²) in [5.74, 6) is -0.647. The van der Waals surface area contributed by atoms with E-state index in [4.69, 9.17) is 0 Å². The van der Waals surface area contributed by atoms with E-state index < -0.39 is 10.9 Å². The van der Waals surface area contributed by atoms with E-state index in [1.807, 2.05) is 0 Å². The molecule has 8 nitrogen and oxygen atoms in total. The summed E-state index contributed by atoms with van der Waals surface area (Å²) in [5.41, 5.74) is 0.346. The van der Waals surface area contributed by atoms with Gasteiger partial charge in [0.05, 0.1) is 12.0 Å². The molecule has 0 aromatic carbocycles. The molecule has 8 heteroatoms. The third kappa shape index (κ3) is 1.69. The van der Waals surface area contributed by atoms with Crippen LogP contribution in [-0.2, 0) is 4.74 Å². The lowest BCUT2D eigenvalue weighted by atomic mass is 10.3. The lowest BCUT2D eigenvalue weighted by Crippen LogP contribution is -2.08. The second-order valence-electron chi connectivity index (χ2n) is 3.30. The lowest BCUT2D eigenvalue weighted by Gasteiger charge is -2.01. The zero-order chi connectivity index (χ0) is 12.6. The highest BCUT2D eigenvalue weighted by Crippen LogP contribution is 2.19. The topological polar surface area (TPSA) is 99.6 Å². The number of carbonyl (C=O) groups is 1. The third-order valence-electron chi connectivity index (χ3n) is 2.22. The van der Waals surface area contributed by atoms with E-state index in [0.717, 1.165) is 6.20 Å². The molecule has 0 radical (unpaired) electrons. The molecule has 0 aliphatic carbocycles. The van der Waals surface area contributed by atoms with Crippen molar-refractivity contribution >= 4 is 17.3 Å². The molecule has 0 fully saturated rings. The van der Waals surface area contributed by atoms with Crippen LogP contribution in [0.15, 0.2) is 12.3 Å². The van der Waals surface area contributed by atoms with Crippen LogP contribution in [0.25, 0.3) is 5.65 Å². The van der Waals surface area contributed by atoms with Crippen molar-refractivity contribution in [1.82, 2.24) is 14.6 Å². The second-order valence-corrected chi connectivity index (χ2v) is 3.30. The summed E-state index contributed by atoms with van der Waals surface area (Å²) < 4.78 is 5.81. The van der Waals surface area contributed by atoms with E-state index >= 15 is 0 Å². The monoisotopic (exact) mass is 236 g/mol. The van der Waals surface area contributed by atoms with E-state index in [2.05, 4.69) is 14.8 Å². The first-order chi connectivity index (χ1) is 8.04. The number of rotatable bonds is 2. The van der Waals surface area contributed by atoms with Gasteiger partial charge in [-0.25, -0.2) is 14.3 Å². The number of nitro groups is 1. The quantitative estimate of drug-likeness (QED) is 0.433. The average Bonchev–Trinajstić information content (AvgIpc) is 2.72. The van der Waals surface area contributed by atoms with Gasteiger partial charge in [-0.15, -0.1) is 0 Å². The molecule has 17 heavy (non-hydrogen) atoms. The van der Waals surface area contributed by atoms with Gasteiger partial charge in [-0.05, 0) is 13.0 Å². The van der Waals surface area contributed by atoms with Crippen LogP contribution in [0, 0.1) is 17.0 Å². The van der Waals surface area contributed by atoms with E-state index in [0.29, 0.717) is 5.69 Å². The molecule has 0 atom stereocenters. The summed E-state index contributed by atoms with van der Waals surface area (Å²) in [4.78, 5) is 25.3. The predicted molar refractivity (Wildman–Crippen MR) is 55.7 cm³/mol.